The highest BCUT2D eigenvalue weighted by molar-refractivity contribution is 14.1. The largest absolute Gasteiger partial charge is 0.392 e. The minimum atomic E-state index is 0.247. The second-order valence-electron chi connectivity index (χ2n) is 2.89. The van der Waals surface area contributed by atoms with Crippen LogP contribution in [0.4, 0.5) is 0 Å². The van der Waals surface area contributed by atoms with Crippen LogP contribution >= 0.6 is 22.6 Å². The Morgan fingerprint density at radius 2 is 2.36 bits per heavy atom. The predicted octanol–water partition coefficient (Wildman–Crippen LogP) is 2.80. The van der Waals surface area contributed by atoms with Crippen molar-refractivity contribution in [1.29, 1.82) is 0 Å². The van der Waals surface area contributed by atoms with Gasteiger partial charge in [0.25, 0.3) is 0 Å². The van der Waals surface area contributed by atoms with Crippen molar-refractivity contribution in [3.8, 4) is 0 Å². The molecule has 0 amide bonds. The molecule has 0 saturated carbocycles. The van der Waals surface area contributed by atoms with Gasteiger partial charge in [-0.1, -0.05) is 22.6 Å². The number of aliphatic hydroxyl groups excluding tert-OH is 1. The maximum atomic E-state index is 8.99. The SMILES string of the molecule is C/C(=C\I)C1=C(CO)CCC1. The molecule has 0 aromatic heterocycles. The van der Waals surface area contributed by atoms with Gasteiger partial charge in [0.05, 0.1) is 6.61 Å². The molecular weight excluding hydrogens is 251 g/mol. The topological polar surface area (TPSA) is 20.2 Å². The van der Waals surface area contributed by atoms with Crippen LogP contribution in [-0.2, 0) is 0 Å². The van der Waals surface area contributed by atoms with Gasteiger partial charge in [-0.25, -0.2) is 0 Å². The van der Waals surface area contributed by atoms with Gasteiger partial charge in [0.15, 0.2) is 0 Å². The highest BCUT2D eigenvalue weighted by Crippen LogP contribution is 2.31. The lowest BCUT2D eigenvalue weighted by atomic mass is 10.1. The Balaban J connectivity index is 2.83. The molecule has 2 heteroatoms. The summed E-state index contributed by atoms with van der Waals surface area (Å²) in [7, 11) is 0. The Morgan fingerprint density at radius 1 is 1.64 bits per heavy atom. The molecule has 0 radical (unpaired) electrons. The molecule has 0 unspecified atom stereocenters. The molecule has 1 nitrogen and oxygen atoms in total. The first kappa shape index (κ1) is 9.26. The van der Waals surface area contributed by atoms with Crippen LogP contribution in [0.3, 0.4) is 0 Å². The zero-order chi connectivity index (χ0) is 8.27. The summed E-state index contributed by atoms with van der Waals surface area (Å²) >= 11 is 2.25. The van der Waals surface area contributed by atoms with Crippen LogP contribution in [-0.4, -0.2) is 11.7 Å². The zero-order valence-electron chi connectivity index (χ0n) is 6.73. The van der Waals surface area contributed by atoms with Crippen LogP contribution in [0.2, 0.25) is 0 Å². The fraction of sp³-hybridized carbons (Fsp3) is 0.556. The summed E-state index contributed by atoms with van der Waals surface area (Å²) < 4.78 is 2.09. The van der Waals surface area contributed by atoms with Crippen molar-refractivity contribution in [2.24, 2.45) is 0 Å². The summed E-state index contributed by atoms with van der Waals surface area (Å²) in [6.45, 7) is 2.36. The van der Waals surface area contributed by atoms with E-state index in [1.165, 1.54) is 23.1 Å². The first-order valence-corrected chi connectivity index (χ1v) is 5.13. The predicted molar refractivity (Wildman–Crippen MR) is 55.7 cm³/mol. The van der Waals surface area contributed by atoms with E-state index in [2.05, 4.69) is 33.6 Å². The summed E-state index contributed by atoms with van der Waals surface area (Å²) in [6, 6.07) is 0. The third kappa shape index (κ3) is 2.06. The standard InChI is InChI=1S/C9H13IO/c1-7(5-10)9-4-2-3-8(9)6-11/h5,11H,2-4,6H2,1H3/b7-5+. The van der Waals surface area contributed by atoms with Crippen LogP contribution in [0.15, 0.2) is 20.8 Å². The molecular formula is C9H13IO. The lowest BCUT2D eigenvalue weighted by Gasteiger charge is -2.03. The second-order valence-corrected chi connectivity index (χ2v) is 3.51. The van der Waals surface area contributed by atoms with Crippen molar-refractivity contribution in [2.75, 3.05) is 6.61 Å². The Hall–Kier alpha value is 0.170. The molecule has 0 saturated heterocycles. The van der Waals surface area contributed by atoms with Gasteiger partial charge >= 0.3 is 0 Å². The smallest absolute Gasteiger partial charge is 0.0647 e. The minimum Gasteiger partial charge on any atom is -0.392 e. The number of hydrogen-bond acceptors (Lipinski definition) is 1. The van der Waals surface area contributed by atoms with Crippen molar-refractivity contribution in [2.45, 2.75) is 26.2 Å². The van der Waals surface area contributed by atoms with Crippen molar-refractivity contribution >= 4 is 22.6 Å². The Bertz CT molecular complexity index is 204. The average Bonchev–Trinajstić information content (AvgIpc) is 2.50. The highest BCUT2D eigenvalue weighted by atomic mass is 127. The Morgan fingerprint density at radius 3 is 2.91 bits per heavy atom. The third-order valence-electron chi connectivity index (χ3n) is 2.16. The number of halogens is 1. The monoisotopic (exact) mass is 264 g/mol. The molecule has 0 aromatic carbocycles. The van der Waals surface area contributed by atoms with Crippen molar-refractivity contribution in [3.05, 3.63) is 20.8 Å². The van der Waals surface area contributed by atoms with E-state index in [9.17, 15) is 0 Å². The summed E-state index contributed by atoms with van der Waals surface area (Å²) in [4.78, 5) is 0. The Kier molecular flexibility index (Phi) is 3.59. The number of rotatable bonds is 2. The van der Waals surface area contributed by atoms with Gasteiger partial charge in [0.1, 0.15) is 0 Å². The normalized spacial score (nSPS) is 19.7. The average molecular weight is 264 g/mol. The van der Waals surface area contributed by atoms with Gasteiger partial charge in [-0.15, -0.1) is 0 Å². The van der Waals surface area contributed by atoms with Gasteiger partial charge in [0, 0.05) is 0 Å². The van der Waals surface area contributed by atoms with Crippen molar-refractivity contribution < 1.29 is 5.11 Å². The fourth-order valence-corrected chi connectivity index (χ4v) is 1.90. The number of hydrogen-bond donors (Lipinski definition) is 1. The molecule has 0 atom stereocenters. The molecule has 0 aromatic rings. The molecule has 0 bridgehead atoms. The molecule has 1 rings (SSSR count). The van der Waals surface area contributed by atoms with E-state index >= 15 is 0 Å². The highest BCUT2D eigenvalue weighted by Gasteiger charge is 2.13. The quantitative estimate of drug-likeness (QED) is 0.760. The zero-order valence-corrected chi connectivity index (χ0v) is 8.89. The summed E-state index contributed by atoms with van der Waals surface area (Å²) in [5.41, 5.74) is 3.96. The summed E-state index contributed by atoms with van der Waals surface area (Å²) in [6.07, 6.45) is 3.46. The van der Waals surface area contributed by atoms with E-state index in [1.807, 2.05) is 0 Å². The first-order valence-electron chi connectivity index (χ1n) is 3.88. The Labute approximate surface area is 81.3 Å². The minimum absolute atomic E-state index is 0.247. The molecule has 62 valence electrons. The van der Waals surface area contributed by atoms with Gasteiger partial charge in [-0.05, 0) is 47.0 Å². The molecule has 0 spiro atoms. The fourth-order valence-electron chi connectivity index (χ4n) is 1.52. The van der Waals surface area contributed by atoms with E-state index in [4.69, 9.17) is 5.11 Å². The third-order valence-corrected chi connectivity index (χ3v) is 3.10. The van der Waals surface area contributed by atoms with Crippen LogP contribution in [0.25, 0.3) is 0 Å². The molecule has 1 aliphatic rings. The number of allylic oxidation sites excluding steroid dienone is 2. The van der Waals surface area contributed by atoms with Gasteiger partial charge < -0.3 is 5.11 Å². The molecule has 0 heterocycles. The molecule has 0 aliphatic heterocycles. The molecule has 1 aliphatic carbocycles. The van der Waals surface area contributed by atoms with E-state index in [-0.39, 0.29) is 6.61 Å². The van der Waals surface area contributed by atoms with E-state index in [0.717, 1.165) is 12.8 Å². The maximum Gasteiger partial charge on any atom is 0.0647 e. The first-order chi connectivity index (χ1) is 5.29. The van der Waals surface area contributed by atoms with Crippen LogP contribution in [0.5, 0.6) is 0 Å². The van der Waals surface area contributed by atoms with Gasteiger partial charge in [0.2, 0.25) is 0 Å². The lowest BCUT2D eigenvalue weighted by molar-refractivity contribution is 0.327. The van der Waals surface area contributed by atoms with E-state index < -0.39 is 0 Å². The van der Waals surface area contributed by atoms with Crippen molar-refractivity contribution in [3.63, 3.8) is 0 Å². The van der Waals surface area contributed by atoms with Crippen LogP contribution < -0.4 is 0 Å². The van der Waals surface area contributed by atoms with Gasteiger partial charge in [-0.2, -0.15) is 0 Å². The molecule has 0 fully saturated rings. The van der Waals surface area contributed by atoms with Crippen LogP contribution in [0, 0.1) is 0 Å². The van der Waals surface area contributed by atoms with E-state index in [0.29, 0.717) is 0 Å². The molecule has 11 heavy (non-hydrogen) atoms. The van der Waals surface area contributed by atoms with Crippen LogP contribution in [0.1, 0.15) is 26.2 Å². The second kappa shape index (κ2) is 4.26. The van der Waals surface area contributed by atoms with Crippen molar-refractivity contribution in [1.82, 2.24) is 0 Å². The summed E-state index contributed by atoms with van der Waals surface area (Å²) in [5.74, 6) is 0. The summed E-state index contributed by atoms with van der Waals surface area (Å²) in [5, 5.41) is 8.99. The lowest BCUT2D eigenvalue weighted by Crippen LogP contribution is -1.90. The number of aliphatic hydroxyl groups is 1. The van der Waals surface area contributed by atoms with E-state index in [1.54, 1.807) is 0 Å². The van der Waals surface area contributed by atoms with Gasteiger partial charge in [-0.3, -0.25) is 0 Å². The maximum absolute atomic E-state index is 8.99. The molecule has 1 N–H and O–H groups in total.